The first kappa shape index (κ1) is 15.5. The third-order valence-electron chi connectivity index (χ3n) is 4.80. The molecule has 3 rings (SSSR count). The number of amides is 1. The Morgan fingerprint density at radius 1 is 1.27 bits per heavy atom. The summed E-state index contributed by atoms with van der Waals surface area (Å²) in [6.45, 7) is 10.8. The molecule has 0 radical (unpaired) electrons. The Bertz CT molecular complexity index is 561. The van der Waals surface area contributed by atoms with E-state index in [9.17, 15) is 4.79 Å². The lowest BCUT2D eigenvalue weighted by Gasteiger charge is -2.34. The van der Waals surface area contributed by atoms with Gasteiger partial charge in [0.25, 0.3) is 5.91 Å². The van der Waals surface area contributed by atoms with Crippen molar-refractivity contribution in [1.29, 1.82) is 0 Å². The SMILES string of the molecule is CCN1CCN(C(=O)c2c3c(nn2C)[C@H](C)O[C@H](C)C3)CC1. The molecule has 22 heavy (non-hydrogen) atoms. The first-order valence-electron chi connectivity index (χ1n) is 8.24. The summed E-state index contributed by atoms with van der Waals surface area (Å²) >= 11 is 0. The van der Waals surface area contributed by atoms with Gasteiger partial charge in [-0.1, -0.05) is 6.92 Å². The van der Waals surface area contributed by atoms with Gasteiger partial charge in [0, 0.05) is 45.2 Å². The number of hydrogen-bond acceptors (Lipinski definition) is 4. The van der Waals surface area contributed by atoms with E-state index >= 15 is 0 Å². The number of piperazine rings is 1. The molecule has 0 bridgehead atoms. The predicted octanol–water partition coefficient (Wildman–Crippen LogP) is 1.22. The minimum atomic E-state index is -0.0385. The zero-order valence-electron chi connectivity index (χ0n) is 14.0. The van der Waals surface area contributed by atoms with Gasteiger partial charge < -0.3 is 14.5 Å². The van der Waals surface area contributed by atoms with Crippen molar-refractivity contribution in [2.45, 2.75) is 39.4 Å². The van der Waals surface area contributed by atoms with E-state index in [-0.39, 0.29) is 18.1 Å². The lowest BCUT2D eigenvalue weighted by atomic mass is 9.99. The highest BCUT2D eigenvalue weighted by molar-refractivity contribution is 5.94. The molecule has 6 heteroatoms. The first-order chi connectivity index (χ1) is 10.5. The zero-order chi connectivity index (χ0) is 15.9. The molecule has 6 nitrogen and oxygen atoms in total. The topological polar surface area (TPSA) is 50.6 Å². The van der Waals surface area contributed by atoms with Crippen LogP contribution in [-0.2, 0) is 18.2 Å². The molecule has 0 aliphatic carbocycles. The second-order valence-corrected chi connectivity index (χ2v) is 6.36. The van der Waals surface area contributed by atoms with Gasteiger partial charge in [0.15, 0.2) is 0 Å². The van der Waals surface area contributed by atoms with E-state index in [1.54, 1.807) is 4.68 Å². The number of aromatic nitrogens is 2. The first-order valence-corrected chi connectivity index (χ1v) is 8.24. The molecule has 1 aromatic heterocycles. The summed E-state index contributed by atoms with van der Waals surface area (Å²) in [6.07, 6.45) is 0.863. The van der Waals surface area contributed by atoms with Gasteiger partial charge in [-0.15, -0.1) is 0 Å². The van der Waals surface area contributed by atoms with Crippen molar-refractivity contribution in [2.75, 3.05) is 32.7 Å². The molecule has 0 aromatic carbocycles. The van der Waals surface area contributed by atoms with Gasteiger partial charge in [0.05, 0.1) is 17.9 Å². The van der Waals surface area contributed by atoms with Crippen LogP contribution in [0.2, 0.25) is 0 Å². The van der Waals surface area contributed by atoms with Crippen molar-refractivity contribution in [3.05, 3.63) is 17.0 Å². The van der Waals surface area contributed by atoms with Crippen LogP contribution in [0.4, 0.5) is 0 Å². The van der Waals surface area contributed by atoms with Crippen LogP contribution in [0.1, 0.15) is 48.6 Å². The number of carbonyl (C=O) groups is 1. The number of hydrogen-bond donors (Lipinski definition) is 0. The van der Waals surface area contributed by atoms with E-state index in [4.69, 9.17) is 4.74 Å². The molecule has 1 aromatic rings. The fourth-order valence-corrected chi connectivity index (χ4v) is 3.55. The number of rotatable bonds is 2. The summed E-state index contributed by atoms with van der Waals surface area (Å²) in [4.78, 5) is 17.3. The van der Waals surface area contributed by atoms with Gasteiger partial charge in [-0.2, -0.15) is 5.10 Å². The van der Waals surface area contributed by atoms with E-state index in [1.807, 2.05) is 18.9 Å². The molecular formula is C16H26N4O2. The molecule has 2 atom stereocenters. The minimum absolute atomic E-state index is 0.0385. The molecule has 122 valence electrons. The van der Waals surface area contributed by atoms with Crippen LogP contribution in [0.5, 0.6) is 0 Å². The summed E-state index contributed by atoms with van der Waals surface area (Å²) in [5.41, 5.74) is 2.76. The maximum atomic E-state index is 13.0. The van der Waals surface area contributed by atoms with E-state index < -0.39 is 0 Å². The highest BCUT2D eigenvalue weighted by atomic mass is 16.5. The van der Waals surface area contributed by atoms with E-state index in [0.717, 1.165) is 56.1 Å². The number of carbonyl (C=O) groups excluding carboxylic acids is 1. The minimum Gasteiger partial charge on any atom is -0.369 e. The number of aryl methyl sites for hydroxylation is 1. The smallest absolute Gasteiger partial charge is 0.272 e. The third kappa shape index (κ3) is 2.65. The molecule has 3 heterocycles. The molecule has 1 fully saturated rings. The van der Waals surface area contributed by atoms with E-state index in [1.165, 1.54) is 0 Å². The van der Waals surface area contributed by atoms with Crippen LogP contribution in [0.3, 0.4) is 0 Å². The van der Waals surface area contributed by atoms with Crippen molar-refractivity contribution in [3.63, 3.8) is 0 Å². The summed E-state index contributed by atoms with van der Waals surface area (Å²) < 4.78 is 7.57. The summed E-state index contributed by atoms with van der Waals surface area (Å²) in [6, 6.07) is 0. The maximum Gasteiger partial charge on any atom is 0.272 e. The van der Waals surface area contributed by atoms with E-state index in [2.05, 4.69) is 23.8 Å². The highest BCUT2D eigenvalue weighted by Crippen LogP contribution is 2.31. The Morgan fingerprint density at radius 2 is 1.95 bits per heavy atom. The molecule has 0 spiro atoms. The molecule has 0 N–H and O–H groups in total. The van der Waals surface area contributed by atoms with Crippen LogP contribution in [-0.4, -0.2) is 64.3 Å². The Labute approximate surface area is 132 Å². The van der Waals surface area contributed by atoms with Crippen LogP contribution in [0.15, 0.2) is 0 Å². The van der Waals surface area contributed by atoms with Crippen molar-refractivity contribution >= 4 is 5.91 Å². The summed E-state index contributed by atoms with van der Waals surface area (Å²) in [5.74, 6) is 0.119. The zero-order valence-corrected chi connectivity index (χ0v) is 14.0. The highest BCUT2D eigenvalue weighted by Gasteiger charge is 2.33. The Hall–Kier alpha value is -1.40. The van der Waals surface area contributed by atoms with Crippen LogP contribution in [0.25, 0.3) is 0 Å². The van der Waals surface area contributed by atoms with Gasteiger partial charge in [-0.05, 0) is 20.4 Å². The molecular weight excluding hydrogens is 280 g/mol. The largest absolute Gasteiger partial charge is 0.369 e. The van der Waals surface area contributed by atoms with Crippen LogP contribution >= 0.6 is 0 Å². The number of fused-ring (bicyclic) bond motifs is 1. The Morgan fingerprint density at radius 3 is 2.59 bits per heavy atom. The van der Waals surface area contributed by atoms with Gasteiger partial charge in [0.1, 0.15) is 5.69 Å². The number of likely N-dealkylation sites (N-methyl/N-ethyl adjacent to an activating group) is 1. The van der Waals surface area contributed by atoms with Crippen molar-refractivity contribution in [1.82, 2.24) is 19.6 Å². The van der Waals surface area contributed by atoms with Gasteiger partial charge in [-0.25, -0.2) is 0 Å². The van der Waals surface area contributed by atoms with Crippen LogP contribution in [0, 0.1) is 0 Å². The quantitative estimate of drug-likeness (QED) is 0.824. The third-order valence-corrected chi connectivity index (χ3v) is 4.80. The van der Waals surface area contributed by atoms with Crippen molar-refractivity contribution in [3.8, 4) is 0 Å². The Balaban J connectivity index is 1.84. The molecule has 2 aliphatic heterocycles. The van der Waals surface area contributed by atoms with Crippen LogP contribution < -0.4 is 0 Å². The number of ether oxygens (including phenoxy) is 1. The molecule has 0 saturated carbocycles. The molecule has 0 unspecified atom stereocenters. The average molecular weight is 306 g/mol. The number of nitrogens with zero attached hydrogens (tertiary/aromatic N) is 4. The fraction of sp³-hybridized carbons (Fsp3) is 0.750. The second kappa shape index (κ2) is 6.01. The van der Waals surface area contributed by atoms with Gasteiger partial charge >= 0.3 is 0 Å². The average Bonchev–Trinajstić information content (AvgIpc) is 2.83. The fourth-order valence-electron chi connectivity index (χ4n) is 3.55. The molecule has 1 saturated heterocycles. The molecule has 2 aliphatic rings. The van der Waals surface area contributed by atoms with Crippen molar-refractivity contribution < 1.29 is 9.53 Å². The standard InChI is InChI=1S/C16H26N4O2/c1-5-19-6-8-20(9-7-19)16(21)15-13-10-11(2)22-12(3)14(13)17-18(15)4/h11-12H,5-10H2,1-4H3/t11-,12+/m1/s1. The van der Waals surface area contributed by atoms with Gasteiger partial charge in [-0.3, -0.25) is 9.48 Å². The summed E-state index contributed by atoms with van der Waals surface area (Å²) in [5, 5.41) is 4.55. The lowest BCUT2D eigenvalue weighted by molar-refractivity contribution is -0.00715. The van der Waals surface area contributed by atoms with Crippen molar-refractivity contribution in [2.24, 2.45) is 7.05 Å². The maximum absolute atomic E-state index is 13.0. The normalized spacial score (nSPS) is 26.1. The van der Waals surface area contributed by atoms with E-state index in [0.29, 0.717) is 0 Å². The predicted molar refractivity (Wildman–Crippen MR) is 83.9 cm³/mol. The lowest BCUT2D eigenvalue weighted by Crippen LogP contribution is -2.49. The summed E-state index contributed by atoms with van der Waals surface area (Å²) in [7, 11) is 1.87. The molecule has 1 amide bonds. The van der Waals surface area contributed by atoms with Gasteiger partial charge in [0.2, 0.25) is 0 Å². The monoisotopic (exact) mass is 306 g/mol. The second-order valence-electron chi connectivity index (χ2n) is 6.36. The Kier molecular flexibility index (Phi) is 4.23.